The number of carbonyl (C=O) groups is 1. The molecule has 5 rings (SSSR count). The van der Waals surface area contributed by atoms with Crippen molar-refractivity contribution >= 4 is 27.6 Å². The molecule has 2 heterocycles. The Morgan fingerprint density at radius 3 is 2.27 bits per heavy atom. The van der Waals surface area contributed by atoms with Crippen LogP contribution in [0.4, 0.5) is 29.3 Å². The summed E-state index contributed by atoms with van der Waals surface area (Å²) in [5, 5.41) is 6.89. The number of aryl methyl sites for hydroxylation is 3. The molecular formula is C24H31F3N6O3S. The van der Waals surface area contributed by atoms with Crippen molar-refractivity contribution in [3.05, 3.63) is 40.7 Å². The normalized spacial score (nSPS) is 18.5. The number of benzene rings is 1. The van der Waals surface area contributed by atoms with Gasteiger partial charge in [-0.1, -0.05) is 6.07 Å². The summed E-state index contributed by atoms with van der Waals surface area (Å²) in [7, 11) is -2.75. The molecule has 0 spiro atoms. The van der Waals surface area contributed by atoms with Gasteiger partial charge in [0, 0.05) is 38.1 Å². The van der Waals surface area contributed by atoms with Crippen LogP contribution in [0, 0.1) is 0 Å². The molecule has 2 aromatic rings. The lowest BCUT2D eigenvalue weighted by Crippen LogP contribution is -2.53. The number of urea groups is 1. The van der Waals surface area contributed by atoms with Gasteiger partial charge >= 0.3 is 22.4 Å². The van der Waals surface area contributed by atoms with E-state index in [2.05, 4.69) is 21.2 Å². The second-order valence-corrected chi connectivity index (χ2v) is 11.6. The molecule has 2 aliphatic carbocycles. The number of nitrogens with one attached hydrogen (secondary N) is 2. The zero-order valence-corrected chi connectivity index (χ0v) is 21.5. The van der Waals surface area contributed by atoms with Gasteiger partial charge in [0.05, 0.1) is 18.4 Å². The van der Waals surface area contributed by atoms with Crippen molar-refractivity contribution in [3.8, 4) is 0 Å². The third-order valence-corrected chi connectivity index (χ3v) is 8.90. The van der Waals surface area contributed by atoms with Crippen LogP contribution in [-0.2, 0) is 42.9 Å². The Kier molecular flexibility index (Phi) is 6.86. The predicted octanol–water partition coefficient (Wildman–Crippen LogP) is 3.30. The SMILES string of the molecule is Cn1cc(N(C2CCN(CC(F)(F)F)CC2)S(=O)(=O)NC(=O)Nc2c3c(cc4c2CCC4)CCC3)cn1. The summed E-state index contributed by atoms with van der Waals surface area (Å²) in [4.78, 5) is 14.3. The lowest BCUT2D eigenvalue weighted by atomic mass is 9.99. The largest absolute Gasteiger partial charge is 0.401 e. The molecule has 202 valence electrons. The van der Waals surface area contributed by atoms with Gasteiger partial charge in [-0.15, -0.1) is 0 Å². The van der Waals surface area contributed by atoms with Crippen LogP contribution >= 0.6 is 0 Å². The van der Waals surface area contributed by atoms with Crippen LogP contribution in [0.25, 0.3) is 0 Å². The van der Waals surface area contributed by atoms with Gasteiger partial charge in [0.15, 0.2) is 0 Å². The van der Waals surface area contributed by atoms with Gasteiger partial charge in [-0.3, -0.25) is 9.58 Å². The first kappa shape index (κ1) is 25.8. The molecule has 1 aromatic heterocycles. The van der Waals surface area contributed by atoms with E-state index in [1.807, 2.05) is 0 Å². The molecule has 1 aliphatic heterocycles. The average Bonchev–Trinajstić information content (AvgIpc) is 3.54. The van der Waals surface area contributed by atoms with Crippen molar-refractivity contribution in [1.29, 1.82) is 0 Å². The van der Waals surface area contributed by atoms with Gasteiger partial charge in [-0.2, -0.15) is 26.7 Å². The second kappa shape index (κ2) is 9.82. The van der Waals surface area contributed by atoms with Crippen LogP contribution in [0.5, 0.6) is 0 Å². The van der Waals surface area contributed by atoms with E-state index < -0.39 is 35.0 Å². The third kappa shape index (κ3) is 5.57. The van der Waals surface area contributed by atoms with Crippen molar-refractivity contribution in [2.75, 3.05) is 29.3 Å². The van der Waals surface area contributed by atoms with Crippen molar-refractivity contribution in [3.63, 3.8) is 0 Å². The summed E-state index contributed by atoms with van der Waals surface area (Å²) in [6.45, 7) is -0.859. The molecule has 1 fully saturated rings. The van der Waals surface area contributed by atoms with E-state index in [4.69, 9.17) is 0 Å². The minimum absolute atomic E-state index is 0.0882. The number of rotatable bonds is 6. The highest BCUT2D eigenvalue weighted by atomic mass is 32.2. The molecule has 0 atom stereocenters. The van der Waals surface area contributed by atoms with Crippen molar-refractivity contribution < 1.29 is 26.4 Å². The zero-order valence-electron chi connectivity index (χ0n) is 20.6. The minimum Gasteiger partial charge on any atom is -0.307 e. The highest BCUT2D eigenvalue weighted by Crippen LogP contribution is 2.38. The van der Waals surface area contributed by atoms with E-state index in [9.17, 15) is 26.4 Å². The van der Waals surface area contributed by atoms with E-state index in [1.165, 1.54) is 33.1 Å². The van der Waals surface area contributed by atoms with E-state index >= 15 is 0 Å². The Balaban J connectivity index is 1.35. The molecule has 1 aromatic carbocycles. The van der Waals surface area contributed by atoms with Crippen molar-refractivity contribution in [2.45, 2.75) is 63.6 Å². The van der Waals surface area contributed by atoms with Gasteiger partial charge in [0.1, 0.15) is 0 Å². The van der Waals surface area contributed by atoms with Crippen molar-refractivity contribution in [1.82, 2.24) is 19.4 Å². The lowest BCUT2D eigenvalue weighted by molar-refractivity contribution is -0.147. The second-order valence-electron chi connectivity index (χ2n) is 10.1. The molecule has 13 heteroatoms. The molecule has 2 N–H and O–H groups in total. The first-order valence-electron chi connectivity index (χ1n) is 12.6. The molecule has 0 bridgehead atoms. The standard InChI is InChI=1S/C24H31F3N6O3S/c1-31-14-19(13-28-31)33(18-8-10-32(11-9-18)15-24(25,26)27)37(35,36)30-23(34)29-22-20-6-2-4-16(20)12-17-5-3-7-21(17)22/h12-14,18H,2-11,15H2,1H3,(H2,29,30,34). The van der Waals surface area contributed by atoms with Gasteiger partial charge < -0.3 is 5.32 Å². The monoisotopic (exact) mass is 540 g/mol. The number of hydrogen-bond donors (Lipinski definition) is 2. The Morgan fingerprint density at radius 2 is 1.73 bits per heavy atom. The van der Waals surface area contributed by atoms with Crippen LogP contribution in [0.2, 0.25) is 0 Å². The highest BCUT2D eigenvalue weighted by Gasteiger charge is 2.38. The Morgan fingerprint density at radius 1 is 1.11 bits per heavy atom. The predicted molar refractivity (Wildman–Crippen MR) is 133 cm³/mol. The quantitative estimate of drug-likeness (QED) is 0.586. The summed E-state index contributed by atoms with van der Waals surface area (Å²) < 4.78 is 70.3. The Hall–Kier alpha value is -2.80. The number of piperidine rings is 1. The van der Waals surface area contributed by atoms with Gasteiger partial charge in [0.25, 0.3) is 0 Å². The summed E-state index contributed by atoms with van der Waals surface area (Å²) in [5.74, 6) is 0. The topological polar surface area (TPSA) is 99.6 Å². The van der Waals surface area contributed by atoms with Gasteiger partial charge in [0.2, 0.25) is 0 Å². The fourth-order valence-electron chi connectivity index (χ4n) is 5.91. The molecule has 37 heavy (non-hydrogen) atoms. The molecule has 0 saturated carbocycles. The minimum atomic E-state index is -4.38. The maximum Gasteiger partial charge on any atom is 0.401 e. The third-order valence-electron chi connectivity index (χ3n) is 7.43. The number of carbonyl (C=O) groups excluding carboxylic acids is 1. The fourth-order valence-corrected chi connectivity index (χ4v) is 7.26. The Bertz CT molecular complexity index is 1250. The molecule has 3 aliphatic rings. The number of likely N-dealkylation sites (tertiary alicyclic amines) is 1. The van der Waals surface area contributed by atoms with E-state index in [1.54, 1.807) is 7.05 Å². The molecule has 0 radical (unpaired) electrons. The van der Waals surface area contributed by atoms with Crippen LogP contribution in [-0.4, -0.2) is 61.0 Å². The molecule has 1 saturated heterocycles. The number of hydrogen-bond acceptors (Lipinski definition) is 5. The summed E-state index contributed by atoms with van der Waals surface area (Å²) in [6.07, 6.45) is 4.49. The first-order valence-corrected chi connectivity index (χ1v) is 14.0. The van der Waals surface area contributed by atoms with Crippen LogP contribution < -0.4 is 14.3 Å². The number of fused-ring (bicyclic) bond motifs is 2. The lowest BCUT2D eigenvalue weighted by Gasteiger charge is -2.38. The fraction of sp³-hybridized carbons (Fsp3) is 0.583. The number of aromatic nitrogens is 2. The van der Waals surface area contributed by atoms with E-state index in [-0.39, 0.29) is 31.6 Å². The summed E-state index contributed by atoms with van der Waals surface area (Å²) in [6, 6.07) is 0.752. The zero-order chi connectivity index (χ0) is 26.4. The van der Waals surface area contributed by atoms with Gasteiger partial charge in [-0.05, 0) is 73.6 Å². The number of halogens is 3. The van der Waals surface area contributed by atoms with Gasteiger partial charge in [-0.25, -0.2) is 13.8 Å². The number of nitrogens with zero attached hydrogens (tertiary/aromatic N) is 4. The summed E-state index contributed by atoms with van der Waals surface area (Å²) >= 11 is 0. The Labute approximate surface area is 214 Å². The van der Waals surface area contributed by atoms with Crippen LogP contribution in [0.3, 0.4) is 0 Å². The van der Waals surface area contributed by atoms with E-state index in [0.717, 1.165) is 59.6 Å². The summed E-state index contributed by atoms with van der Waals surface area (Å²) in [5.41, 5.74) is 5.55. The maximum atomic E-state index is 13.5. The number of alkyl halides is 3. The number of amides is 2. The number of anilines is 2. The maximum absolute atomic E-state index is 13.5. The van der Waals surface area contributed by atoms with E-state index in [0.29, 0.717) is 0 Å². The van der Waals surface area contributed by atoms with Crippen molar-refractivity contribution in [2.24, 2.45) is 7.05 Å². The van der Waals surface area contributed by atoms with Crippen LogP contribution in [0.1, 0.15) is 47.9 Å². The molecule has 0 unspecified atom stereocenters. The molecule has 2 amide bonds. The first-order chi connectivity index (χ1) is 17.5. The van der Waals surface area contributed by atoms with Crippen LogP contribution in [0.15, 0.2) is 18.5 Å². The smallest absolute Gasteiger partial charge is 0.307 e. The molecule has 9 nitrogen and oxygen atoms in total. The highest BCUT2D eigenvalue weighted by molar-refractivity contribution is 7.91. The average molecular weight is 541 g/mol. The molecular weight excluding hydrogens is 509 g/mol.